The van der Waals surface area contributed by atoms with Gasteiger partial charge < -0.3 is 15.4 Å². The van der Waals surface area contributed by atoms with Gasteiger partial charge in [0.05, 0.1) is 12.3 Å². The highest BCUT2D eigenvalue weighted by Gasteiger charge is 2.01. The Bertz CT molecular complexity index is 581. The van der Waals surface area contributed by atoms with E-state index in [1.807, 2.05) is 31.2 Å². The van der Waals surface area contributed by atoms with Crippen LogP contribution < -0.4 is 15.4 Å². The Morgan fingerprint density at radius 1 is 0.905 bits per heavy atom. The first-order valence-corrected chi connectivity index (χ1v) is 7.47. The Morgan fingerprint density at radius 3 is 2.33 bits per heavy atom. The van der Waals surface area contributed by atoms with E-state index in [9.17, 15) is 0 Å². The van der Waals surface area contributed by atoms with E-state index in [-0.39, 0.29) is 0 Å². The predicted molar refractivity (Wildman–Crippen MR) is 90.5 cm³/mol. The Hall–Kier alpha value is -2.16. The summed E-state index contributed by atoms with van der Waals surface area (Å²) in [5, 5.41) is 6.87. The third-order valence-electron chi connectivity index (χ3n) is 3.32. The Morgan fingerprint density at radius 2 is 1.62 bits per heavy atom. The topological polar surface area (TPSA) is 33.3 Å². The number of hydrogen-bond acceptors (Lipinski definition) is 3. The van der Waals surface area contributed by atoms with E-state index in [4.69, 9.17) is 4.74 Å². The van der Waals surface area contributed by atoms with Crippen molar-refractivity contribution in [3.8, 4) is 5.75 Å². The number of rotatable bonds is 7. The molecule has 2 rings (SSSR count). The van der Waals surface area contributed by atoms with E-state index in [1.54, 1.807) is 0 Å². The second-order valence-corrected chi connectivity index (χ2v) is 5.10. The number of nitrogens with one attached hydrogen (secondary N) is 2. The lowest BCUT2D eigenvalue weighted by Gasteiger charge is -2.14. The van der Waals surface area contributed by atoms with Crippen LogP contribution in [0.2, 0.25) is 0 Å². The lowest BCUT2D eigenvalue weighted by molar-refractivity contribution is 0.342. The second kappa shape index (κ2) is 7.58. The van der Waals surface area contributed by atoms with Crippen LogP contribution in [-0.2, 0) is 0 Å². The van der Waals surface area contributed by atoms with Crippen LogP contribution >= 0.6 is 0 Å². The lowest BCUT2D eigenvalue weighted by Crippen LogP contribution is -2.14. The molecule has 0 heterocycles. The number of para-hydroxylation sites is 2. The van der Waals surface area contributed by atoms with Crippen LogP contribution in [0.25, 0.3) is 0 Å². The molecular formula is C18H24N2O. The zero-order valence-electron chi connectivity index (χ0n) is 13.1. The van der Waals surface area contributed by atoms with Gasteiger partial charge in [-0.25, -0.2) is 0 Å². The summed E-state index contributed by atoms with van der Waals surface area (Å²) in [6, 6.07) is 14.5. The molecule has 0 amide bonds. The molecule has 3 nitrogen and oxygen atoms in total. The average molecular weight is 284 g/mol. The van der Waals surface area contributed by atoms with Gasteiger partial charge in [0, 0.05) is 18.8 Å². The van der Waals surface area contributed by atoms with Crippen molar-refractivity contribution in [1.82, 2.24) is 0 Å². The highest BCUT2D eigenvalue weighted by molar-refractivity contribution is 5.56. The average Bonchev–Trinajstić information content (AvgIpc) is 2.47. The lowest BCUT2D eigenvalue weighted by atomic mass is 10.1. The molecule has 0 bridgehead atoms. The van der Waals surface area contributed by atoms with E-state index >= 15 is 0 Å². The van der Waals surface area contributed by atoms with Gasteiger partial charge in [-0.15, -0.1) is 0 Å². The zero-order valence-corrected chi connectivity index (χ0v) is 13.1. The molecule has 21 heavy (non-hydrogen) atoms. The zero-order chi connectivity index (χ0) is 15.1. The van der Waals surface area contributed by atoms with Crippen molar-refractivity contribution in [3.05, 3.63) is 53.6 Å². The van der Waals surface area contributed by atoms with Gasteiger partial charge >= 0.3 is 0 Å². The SMILES string of the molecule is CCOc1ccccc1NCCNc1ccc(C)cc1C. The van der Waals surface area contributed by atoms with Crippen molar-refractivity contribution in [2.45, 2.75) is 20.8 Å². The van der Waals surface area contributed by atoms with Crippen LogP contribution in [0.5, 0.6) is 5.75 Å². The summed E-state index contributed by atoms with van der Waals surface area (Å²) in [5.74, 6) is 0.909. The van der Waals surface area contributed by atoms with Gasteiger partial charge in [-0.05, 0) is 44.5 Å². The third kappa shape index (κ3) is 4.42. The van der Waals surface area contributed by atoms with Crippen LogP contribution in [0.3, 0.4) is 0 Å². The van der Waals surface area contributed by atoms with Gasteiger partial charge in [-0.3, -0.25) is 0 Å². The molecule has 0 aromatic heterocycles. The van der Waals surface area contributed by atoms with E-state index in [1.165, 1.54) is 16.8 Å². The summed E-state index contributed by atoms with van der Waals surface area (Å²) in [6.07, 6.45) is 0. The van der Waals surface area contributed by atoms with Gasteiger partial charge in [-0.2, -0.15) is 0 Å². The van der Waals surface area contributed by atoms with Crippen molar-refractivity contribution in [3.63, 3.8) is 0 Å². The molecule has 0 saturated heterocycles. The minimum atomic E-state index is 0.680. The smallest absolute Gasteiger partial charge is 0.142 e. The summed E-state index contributed by atoms with van der Waals surface area (Å²) < 4.78 is 5.60. The van der Waals surface area contributed by atoms with Gasteiger partial charge in [0.15, 0.2) is 0 Å². The molecule has 0 aliphatic rings. The summed E-state index contributed by atoms with van der Waals surface area (Å²) in [7, 11) is 0. The van der Waals surface area contributed by atoms with Crippen LogP contribution in [0.15, 0.2) is 42.5 Å². The Labute approximate surface area is 127 Å². The van der Waals surface area contributed by atoms with Crippen molar-refractivity contribution in [2.24, 2.45) is 0 Å². The minimum Gasteiger partial charge on any atom is -0.492 e. The minimum absolute atomic E-state index is 0.680. The summed E-state index contributed by atoms with van der Waals surface area (Å²) >= 11 is 0. The van der Waals surface area contributed by atoms with E-state index < -0.39 is 0 Å². The van der Waals surface area contributed by atoms with Crippen molar-refractivity contribution < 1.29 is 4.74 Å². The molecule has 3 heteroatoms. The molecule has 0 spiro atoms. The third-order valence-corrected chi connectivity index (χ3v) is 3.32. The van der Waals surface area contributed by atoms with Gasteiger partial charge in [-0.1, -0.05) is 29.8 Å². The molecule has 2 aromatic carbocycles. The molecule has 0 aliphatic carbocycles. The number of aryl methyl sites for hydroxylation is 2. The molecule has 0 unspecified atom stereocenters. The molecule has 0 aliphatic heterocycles. The number of hydrogen-bond donors (Lipinski definition) is 2. The van der Waals surface area contributed by atoms with Gasteiger partial charge in [0.25, 0.3) is 0 Å². The highest BCUT2D eigenvalue weighted by atomic mass is 16.5. The number of benzene rings is 2. The van der Waals surface area contributed by atoms with Crippen LogP contribution in [0.4, 0.5) is 11.4 Å². The number of anilines is 2. The highest BCUT2D eigenvalue weighted by Crippen LogP contribution is 2.23. The van der Waals surface area contributed by atoms with Crippen LogP contribution in [0.1, 0.15) is 18.1 Å². The fourth-order valence-corrected chi connectivity index (χ4v) is 2.30. The fourth-order valence-electron chi connectivity index (χ4n) is 2.30. The first-order chi connectivity index (χ1) is 10.2. The van der Waals surface area contributed by atoms with Gasteiger partial charge in [0.1, 0.15) is 5.75 Å². The standard InChI is InChI=1S/C18H24N2O/c1-4-21-18-8-6-5-7-17(18)20-12-11-19-16-10-9-14(2)13-15(16)3/h5-10,13,19-20H,4,11-12H2,1-3H3. The molecule has 2 aromatic rings. The van der Waals surface area contributed by atoms with Gasteiger partial charge in [0.2, 0.25) is 0 Å². The van der Waals surface area contributed by atoms with Crippen molar-refractivity contribution in [1.29, 1.82) is 0 Å². The van der Waals surface area contributed by atoms with Crippen LogP contribution in [0, 0.1) is 13.8 Å². The van der Waals surface area contributed by atoms with E-state index in [0.717, 1.165) is 24.5 Å². The normalized spacial score (nSPS) is 10.2. The quantitative estimate of drug-likeness (QED) is 0.747. The molecule has 2 N–H and O–H groups in total. The summed E-state index contributed by atoms with van der Waals surface area (Å²) in [4.78, 5) is 0. The first kappa shape index (κ1) is 15.2. The maximum absolute atomic E-state index is 5.60. The fraction of sp³-hybridized carbons (Fsp3) is 0.333. The molecule has 0 radical (unpaired) electrons. The van der Waals surface area contributed by atoms with E-state index in [2.05, 4.69) is 42.7 Å². The Kier molecular flexibility index (Phi) is 5.50. The molecule has 112 valence electrons. The van der Waals surface area contributed by atoms with Crippen molar-refractivity contribution >= 4 is 11.4 Å². The molecule has 0 saturated carbocycles. The van der Waals surface area contributed by atoms with Crippen molar-refractivity contribution in [2.75, 3.05) is 30.3 Å². The Balaban J connectivity index is 1.84. The molecule has 0 fully saturated rings. The second-order valence-electron chi connectivity index (χ2n) is 5.10. The first-order valence-electron chi connectivity index (χ1n) is 7.47. The van der Waals surface area contributed by atoms with E-state index in [0.29, 0.717) is 6.61 Å². The summed E-state index contributed by atoms with van der Waals surface area (Å²) in [5.41, 5.74) is 4.81. The summed E-state index contributed by atoms with van der Waals surface area (Å²) in [6.45, 7) is 8.63. The number of ether oxygens (including phenoxy) is 1. The monoisotopic (exact) mass is 284 g/mol. The maximum Gasteiger partial charge on any atom is 0.142 e. The van der Waals surface area contributed by atoms with Crippen LogP contribution in [-0.4, -0.2) is 19.7 Å². The maximum atomic E-state index is 5.60. The molecular weight excluding hydrogens is 260 g/mol. The molecule has 0 atom stereocenters. The predicted octanol–water partition coefficient (Wildman–Crippen LogP) is 4.23. The largest absolute Gasteiger partial charge is 0.492 e.